The van der Waals surface area contributed by atoms with E-state index in [9.17, 15) is 9.59 Å². The van der Waals surface area contributed by atoms with Crippen LogP contribution in [0.1, 0.15) is 22.5 Å². The predicted molar refractivity (Wildman–Crippen MR) is 92.9 cm³/mol. The number of aromatic nitrogens is 2. The summed E-state index contributed by atoms with van der Waals surface area (Å²) in [7, 11) is 0. The minimum atomic E-state index is -1.27. The van der Waals surface area contributed by atoms with Gasteiger partial charge in [0.15, 0.2) is 5.54 Å². The molecule has 6 nitrogen and oxygen atoms in total. The molecule has 1 atom stereocenters. The number of nitrogens with one attached hydrogen (secondary N) is 2. The molecule has 0 radical (unpaired) electrons. The number of rotatable bonds is 2. The number of hydrogen-bond donors (Lipinski definition) is 2. The Morgan fingerprint density at radius 1 is 0.840 bits per heavy atom. The molecule has 2 N–H and O–H groups in total. The molecule has 1 aliphatic rings. The molecule has 3 amide bonds. The van der Waals surface area contributed by atoms with Crippen molar-refractivity contribution in [3.8, 4) is 0 Å². The Morgan fingerprint density at radius 3 is 2.16 bits per heavy atom. The molecule has 1 fully saturated rings. The largest absolute Gasteiger partial charge is 0.322 e. The number of amides is 3. The molecule has 4 rings (SSSR count). The Hall–Kier alpha value is -3.28. The number of urea groups is 1. The molecule has 1 unspecified atom stereocenters. The molecule has 3 aromatic rings. The van der Waals surface area contributed by atoms with Gasteiger partial charge in [0, 0.05) is 0 Å². The van der Waals surface area contributed by atoms with Crippen LogP contribution in [0.5, 0.6) is 0 Å². The molecule has 0 saturated carbocycles. The first-order valence-corrected chi connectivity index (χ1v) is 7.95. The molecule has 1 saturated heterocycles. The fourth-order valence-electron chi connectivity index (χ4n) is 3.18. The zero-order chi connectivity index (χ0) is 17.6. The van der Waals surface area contributed by atoms with E-state index in [1.807, 2.05) is 62.4 Å². The molecule has 2 aromatic carbocycles. The quantitative estimate of drug-likeness (QED) is 0.706. The van der Waals surface area contributed by atoms with Gasteiger partial charge in [-0.05, 0) is 37.1 Å². The first kappa shape index (κ1) is 15.3. The number of benzene rings is 2. The van der Waals surface area contributed by atoms with E-state index in [0.29, 0.717) is 16.6 Å². The van der Waals surface area contributed by atoms with Crippen molar-refractivity contribution in [1.29, 1.82) is 0 Å². The van der Waals surface area contributed by atoms with E-state index < -0.39 is 17.5 Å². The molecule has 0 bridgehead atoms. The smallest absolute Gasteiger partial charge is 0.316 e. The van der Waals surface area contributed by atoms with Crippen LogP contribution in [0.3, 0.4) is 0 Å². The predicted octanol–water partition coefficient (Wildman–Crippen LogP) is 2.33. The standard InChI is InChI=1S/C19H16N4O2/c1-11-12(2)21-16-10-14(8-9-15(16)20-11)19(13-6-4-3-5-7-13)17(24)22-18(25)23-19/h3-10H,1-2H3,(H2,22,23,24,25). The van der Waals surface area contributed by atoms with E-state index in [0.717, 1.165) is 16.9 Å². The van der Waals surface area contributed by atoms with Crippen molar-refractivity contribution in [2.24, 2.45) is 0 Å². The average molecular weight is 332 g/mol. The highest BCUT2D eigenvalue weighted by molar-refractivity contribution is 6.09. The topological polar surface area (TPSA) is 84.0 Å². The first-order chi connectivity index (χ1) is 12.0. The number of imide groups is 1. The number of carbonyl (C=O) groups is 2. The van der Waals surface area contributed by atoms with Gasteiger partial charge >= 0.3 is 6.03 Å². The van der Waals surface area contributed by atoms with Gasteiger partial charge in [0.25, 0.3) is 5.91 Å². The van der Waals surface area contributed by atoms with E-state index >= 15 is 0 Å². The molecule has 6 heteroatoms. The fourth-order valence-corrected chi connectivity index (χ4v) is 3.18. The Labute approximate surface area is 144 Å². The van der Waals surface area contributed by atoms with Crippen molar-refractivity contribution in [3.05, 3.63) is 71.0 Å². The van der Waals surface area contributed by atoms with Crippen LogP contribution >= 0.6 is 0 Å². The van der Waals surface area contributed by atoms with Crippen LogP contribution < -0.4 is 10.6 Å². The number of nitrogens with zero attached hydrogens (tertiary/aromatic N) is 2. The van der Waals surface area contributed by atoms with Crippen LogP contribution in [0.25, 0.3) is 11.0 Å². The zero-order valence-electron chi connectivity index (χ0n) is 13.8. The zero-order valence-corrected chi connectivity index (χ0v) is 13.8. The number of aryl methyl sites for hydroxylation is 2. The SMILES string of the molecule is Cc1nc2ccc(C3(c4ccccc4)NC(=O)NC3=O)cc2nc1C. The molecular weight excluding hydrogens is 316 g/mol. The lowest BCUT2D eigenvalue weighted by Crippen LogP contribution is -2.44. The summed E-state index contributed by atoms with van der Waals surface area (Å²) >= 11 is 0. The summed E-state index contributed by atoms with van der Waals surface area (Å²) in [6.07, 6.45) is 0. The van der Waals surface area contributed by atoms with E-state index in [1.54, 1.807) is 0 Å². The van der Waals surface area contributed by atoms with Gasteiger partial charge < -0.3 is 5.32 Å². The maximum absolute atomic E-state index is 12.7. The van der Waals surface area contributed by atoms with Gasteiger partial charge in [-0.2, -0.15) is 0 Å². The van der Waals surface area contributed by atoms with Gasteiger partial charge in [-0.1, -0.05) is 36.4 Å². The molecule has 25 heavy (non-hydrogen) atoms. The van der Waals surface area contributed by atoms with Crippen molar-refractivity contribution in [1.82, 2.24) is 20.6 Å². The van der Waals surface area contributed by atoms with Gasteiger partial charge in [-0.25, -0.2) is 14.8 Å². The van der Waals surface area contributed by atoms with Crippen molar-refractivity contribution >= 4 is 23.0 Å². The Morgan fingerprint density at radius 2 is 1.52 bits per heavy atom. The highest BCUT2D eigenvalue weighted by Gasteiger charge is 2.49. The van der Waals surface area contributed by atoms with Crippen molar-refractivity contribution in [3.63, 3.8) is 0 Å². The second-order valence-electron chi connectivity index (χ2n) is 6.12. The summed E-state index contributed by atoms with van der Waals surface area (Å²) < 4.78 is 0. The summed E-state index contributed by atoms with van der Waals surface area (Å²) in [6, 6.07) is 14.1. The van der Waals surface area contributed by atoms with E-state index in [1.165, 1.54) is 0 Å². The Bertz CT molecular complexity index is 1020. The minimum Gasteiger partial charge on any atom is -0.316 e. The maximum Gasteiger partial charge on any atom is 0.322 e. The van der Waals surface area contributed by atoms with Crippen molar-refractivity contribution in [2.75, 3.05) is 0 Å². The summed E-state index contributed by atoms with van der Waals surface area (Å²) in [5.74, 6) is -0.403. The Balaban J connectivity index is 1.97. The monoisotopic (exact) mass is 332 g/mol. The number of fused-ring (bicyclic) bond motifs is 1. The molecule has 1 aromatic heterocycles. The van der Waals surface area contributed by atoms with E-state index in [-0.39, 0.29) is 0 Å². The average Bonchev–Trinajstić information content (AvgIpc) is 2.91. The number of hydrogen-bond acceptors (Lipinski definition) is 4. The van der Waals surface area contributed by atoms with Gasteiger partial charge in [0.2, 0.25) is 0 Å². The van der Waals surface area contributed by atoms with Crippen LogP contribution in [-0.4, -0.2) is 21.9 Å². The van der Waals surface area contributed by atoms with E-state index in [2.05, 4.69) is 20.6 Å². The molecule has 0 aliphatic carbocycles. The molecule has 2 heterocycles. The highest BCUT2D eigenvalue weighted by atomic mass is 16.2. The normalized spacial score (nSPS) is 19.8. The van der Waals surface area contributed by atoms with Gasteiger partial charge in [-0.15, -0.1) is 0 Å². The maximum atomic E-state index is 12.7. The number of carbonyl (C=O) groups excluding carboxylic acids is 2. The van der Waals surface area contributed by atoms with Crippen molar-refractivity contribution < 1.29 is 9.59 Å². The summed E-state index contributed by atoms with van der Waals surface area (Å²) in [4.78, 5) is 33.7. The third kappa shape index (κ3) is 2.26. The fraction of sp³-hybridized carbons (Fsp3) is 0.158. The summed E-state index contributed by atoms with van der Waals surface area (Å²) in [5, 5.41) is 5.14. The second-order valence-corrected chi connectivity index (χ2v) is 6.12. The second kappa shape index (κ2) is 5.37. The lowest BCUT2D eigenvalue weighted by atomic mass is 9.82. The van der Waals surface area contributed by atoms with Gasteiger partial charge in [0.05, 0.1) is 22.4 Å². The van der Waals surface area contributed by atoms with Gasteiger partial charge in [0.1, 0.15) is 0 Å². The highest BCUT2D eigenvalue weighted by Crippen LogP contribution is 2.34. The first-order valence-electron chi connectivity index (χ1n) is 7.95. The third-order valence-electron chi connectivity index (χ3n) is 4.58. The minimum absolute atomic E-state index is 0.403. The van der Waals surface area contributed by atoms with Crippen LogP contribution in [0.15, 0.2) is 48.5 Å². The molecule has 1 aliphatic heterocycles. The summed E-state index contributed by atoms with van der Waals surface area (Å²) in [6.45, 7) is 3.80. The van der Waals surface area contributed by atoms with Crippen LogP contribution in [0.2, 0.25) is 0 Å². The summed E-state index contributed by atoms with van der Waals surface area (Å²) in [5.41, 5.74) is 3.20. The van der Waals surface area contributed by atoms with Crippen molar-refractivity contribution in [2.45, 2.75) is 19.4 Å². The third-order valence-corrected chi connectivity index (χ3v) is 4.58. The molecule has 124 valence electrons. The van der Waals surface area contributed by atoms with Crippen LogP contribution in [0.4, 0.5) is 4.79 Å². The van der Waals surface area contributed by atoms with Crippen LogP contribution in [0, 0.1) is 13.8 Å². The molecule has 0 spiro atoms. The van der Waals surface area contributed by atoms with Crippen LogP contribution in [-0.2, 0) is 10.3 Å². The lowest BCUT2D eigenvalue weighted by Gasteiger charge is -2.27. The van der Waals surface area contributed by atoms with Gasteiger partial charge in [-0.3, -0.25) is 10.1 Å². The lowest BCUT2D eigenvalue weighted by molar-refractivity contribution is -0.122. The van der Waals surface area contributed by atoms with E-state index in [4.69, 9.17) is 0 Å². The molecular formula is C19H16N4O2. The Kier molecular flexibility index (Phi) is 3.28.